The number of hydrogen-bond acceptors (Lipinski definition) is 4. The van der Waals surface area contributed by atoms with Crippen LogP contribution < -0.4 is 10.1 Å². The second kappa shape index (κ2) is 5.60. The quantitative estimate of drug-likeness (QED) is 0.942. The van der Waals surface area contributed by atoms with Crippen molar-refractivity contribution in [2.24, 2.45) is 0 Å². The van der Waals surface area contributed by atoms with E-state index in [1.807, 2.05) is 31.2 Å². The molecule has 1 aromatic heterocycles. The third kappa shape index (κ3) is 2.51. The molecule has 2 aromatic rings. The van der Waals surface area contributed by atoms with Gasteiger partial charge in [0.25, 0.3) is 5.91 Å². The minimum Gasteiger partial charge on any atom is -0.493 e. The summed E-state index contributed by atoms with van der Waals surface area (Å²) in [7, 11) is 0. The van der Waals surface area contributed by atoms with E-state index >= 15 is 0 Å². The predicted molar refractivity (Wildman–Crippen MR) is 77.4 cm³/mol. The van der Waals surface area contributed by atoms with Gasteiger partial charge in [-0.25, -0.2) is 0 Å². The van der Waals surface area contributed by atoms with Crippen molar-refractivity contribution in [3.05, 3.63) is 46.8 Å². The van der Waals surface area contributed by atoms with Crippen LogP contribution in [0.1, 0.15) is 46.8 Å². The molecule has 1 amide bonds. The Kier molecular flexibility index (Phi) is 3.64. The Morgan fingerprint density at radius 1 is 1.43 bits per heavy atom. The number of aryl methyl sites for hydroxylation is 2. The minimum atomic E-state index is -0.132. The Balaban J connectivity index is 1.84. The van der Waals surface area contributed by atoms with Crippen LogP contribution in [0.2, 0.25) is 0 Å². The lowest BCUT2D eigenvalue weighted by atomic mass is 10.00. The Labute approximate surface area is 123 Å². The molecular formula is C16H18N2O3. The fourth-order valence-corrected chi connectivity index (χ4v) is 2.67. The average Bonchev–Trinajstić information content (AvgIpc) is 2.88. The molecule has 0 fully saturated rings. The van der Waals surface area contributed by atoms with Crippen molar-refractivity contribution in [1.29, 1.82) is 0 Å². The van der Waals surface area contributed by atoms with Crippen LogP contribution in [0.3, 0.4) is 0 Å². The molecule has 3 rings (SSSR count). The molecule has 1 aliphatic heterocycles. The Bertz CT molecular complexity index is 663. The van der Waals surface area contributed by atoms with E-state index < -0.39 is 0 Å². The maximum absolute atomic E-state index is 12.5. The Morgan fingerprint density at radius 3 is 3.05 bits per heavy atom. The molecule has 1 aliphatic rings. The number of amides is 1. The molecule has 0 unspecified atom stereocenters. The molecule has 0 saturated carbocycles. The monoisotopic (exact) mass is 286 g/mol. The number of hydrogen-bond donors (Lipinski definition) is 1. The van der Waals surface area contributed by atoms with Crippen molar-refractivity contribution in [2.75, 3.05) is 6.61 Å². The van der Waals surface area contributed by atoms with Crippen LogP contribution in [0, 0.1) is 6.92 Å². The first kappa shape index (κ1) is 13.7. The molecule has 0 saturated heterocycles. The number of para-hydroxylation sites is 1. The summed E-state index contributed by atoms with van der Waals surface area (Å²) in [6.07, 6.45) is 1.43. The van der Waals surface area contributed by atoms with Gasteiger partial charge in [0, 0.05) is 12.0 Å². The lowest BCUT2D eigenvalue weighted by Crippen LogP contribution is -2.32. The lowest BCUT2D eigenvalue weighted by Gasteiger charge is -2.26. The van der Waals surface area contributed by atoms with Crippen molar-refractivity contribution in [2.45, 2.75) is 32.7 Å². The predicted octanol–water partition coefficient (Wildman–Crippen LogP) is 2.80. The fourth-order valence-electron chi connectivity index (χ4n) is 2.67. The van der Waals surface area contributed by atoms with E-state index in [9.17, 15) is 4.79 Å². The van der Waals surface area contributed by atoms with Gasteiger partial charge in [0.1, 0.15) is 17.1 Å². The summed E-state index contributed by atoms with van der Waals surface area (Å²) in [6, 6.07) is 7.76. The van der Waals surface area contributed by atoms with Crippen LogP contribution >= 0.6 is 0 Å². The maximum Gasteiger partial charge on any atom is 0.257 e. The third-order valence-electron chi connectivity index (χ3n) is 3.76. The summed E-state index contributed by atoms with van der Waals surface area (Å²) in [5, 5.41) is 7.01. The zero-order valence-electron chi connectivity index (χ0n) is 12.2. The van der Waals surface area contributed by atoms with E-state index in [0.29, 0.717) is 30.0 Å². The van der Waals surface area contributed by atoms with Gasteiger partial charge >= 0.3 is 0 Å². The Hall–Kier alpha value is -2.30. The number of nitrogens with one attached hydrogen (secondary N) is 1. The van der Waals surface area contributed by atoms with Crippen molar-refractivity contribution < 1.29 is 14.1 Å². The largest absolute Gasteiger partial charge is 0.493 e. The first-order chi connectivity index (χ1) is 10.2. The first-order valence-corrected chi connectivity index (χ1v) is 7.18. The highest BCUT2D eigenvalue weighted by atomic mass is 16.5. The fraction of sp³-hybridized carbons (Fsp3) is 0.375. The number of nitrogens with zero attached hydrogens (tertiary/aromatic N) is 1. The van der Waals surface area contributed by atoms with Gasteiger partial charge in [0.05, 0.1) is 18.3 Å². The van der Waals surface area contributed by atoms with Gasteiger partial charge in [0.2, 0.25) is 0 Å². The van der Waals surface area contributed by atoms with E-state index in [2.05, 4.69) is 10.5 Å². The van der Waals surface area contributed by atoms with Crippen molar-refractivity contribution in [1.82, 2.24) is 10.5 Å². The second-order valence-corrected chi connectivity index (χ2v) is 5.12. The third-order valence-corrected chi connectivity index (χ3v) is 3.76. The molecule has 5 nitrogen and oxygen atoms in total. The number of carbonyl (C=O) groups is 1. The molecule has 21 heavy (non-hydrogen) atoms. The molecule has 0 aliphatic carbocycles. The molecule has 1 atom stereocenters. The highest BCUT2D eigenvalue weighted by Crippen LogP contribution is 2.32. The van der Waals surface area contributed by atoms with Crippen molar-refractivity contribution >= 4 is 5.91 Å². The smallest absolute Gasteiger partial charge is 0.257 e. The van der Waals surface area contributed by atoms with Crippen molar-refractivity contribution in [3.8, 4) is 5.75 Å². The number of aromatic nitrogens is 1. The van der Waals surface area contributed by atoms with Crippen LogP contribution in [-0.2, 0) is 6.42 Å². The number of carbonyl (C=O) groups excluding carboxylic acids is 1. The van der Waals surface area contributed by atoms with E-state index in [1.54, 1.807) is 6.92 Å². The highest BCUT2D eigenvalue weighted by molar-refractivity contribution is 5.96. The lowest BCUT2D eigenvalue weighted by molar-refractivity contribution is 0.0922. The summed E-state index contributed by atoms with van der Waals surface area (Å²) in [4.78, 5) is 12.5. The van der Waals surface area contributed by atoms with Gasteiger partial charge in [-0.3, -0.25) is 4.79 Å². The van der Waals surface area contributed by atoms with Crippen LogP contribution in [0.4, 0.5) is 0 Å². The first-order valence-electron chi connectivity index (χ1n) is 7.18. The molecule has 1 N–H and O–H groups in total. The molecule has 5 heteroatoms. The van der Waals surface area contributed by atoms with Gasteiger partial charge in [-0.2, -0.15) is 0 Å². The van der Waals surface area contributed by atoms with Gasteiger partial charge in [-0.15, -0.1) is 0 Å². The number of rotatable bonds is 3. The number of benzene rings is 1. The molecule has 0 bridgehead atoms. The van der Waals surface area contributed by atoms with Gasteiger partial charge < -0.3 is 14.6 Å². The van der Waals surface area contributed by atoms with Crippen molar-refractivity contribution in [3.63, 3.8) is 0 Å². The summed E-state index contributed by atoms with van der Waals surface area (Å²) < 4.78 is 10.7. The average molecular weight is 286 g/mol. The van der Waals surface area contributed by atoms with Gasteiger partial charge in [-0.1, -0.05) is 30.3 Å². The highest BCUT2D eigenvalue weighted by Gasteiger charge is 2.26. The zero-order chi connectivity index (χ0) is 14.8. The summed E-state index contributed by atoms with van der Waals surface area (Å²) in [5.41, 5.74) is 2.27. The molecule has 2 heterocycles. The summed E-state index contributed by atoms with van der Waals surface area (Å²) in [5.74, 6) is 1.27. The zero-order valence-corrected chi connectivity index (χ0v) is 12.2. The topological polar surface area (TPSA) is 64.4 Å². The van der Waals surface area contributed by atoms with E-state index in [-0.39, 0.29) is 11.9 Å². The van der Waals surface area contributed by atoms with E-state index in [4.69, 9.17) is 9.26 Å². The SMILES string of the molecule is CCc1noc(C)c1C(=O)N[C@@H]1CCOc2ccccc21. The molecular weight excluding hydrogens is 268 g/mol. The van der Waals surface area contributed by atoms with Crippen LogP contribution in [0.25, 0.3) is 0 Å². The van der Waals surface area contributed by atoms with E-state index in [1.165, 1.54) is 0 Å². The molecule has 1 aromatic carbocycles. The van der Waals surface area contributed by atoms with Crippen LogP contribution in [0.5, 0.6) is 5.75 Å². The number of ether oxygens (including phenoxy) is 1. The minimum absolute atomic E-state index is 0.0403. The summed E-state index contributed by atoms with van der Waals surface area (Å²) in [6.45, 7) is 4.32. The molecule has 0 spiro atoms. The standard InChI is InChI=1S/C16H18N2O3/c1-3-12-15(10(2)21-18-12)16(19)17-13-8-9-20-14-7-5-4-6-11(13)14/h4-7,13H,3,8-9H2,1-2H3,(H,17,19)/t13-/m1/s1. The molecule has 0 radical (unpaired) electrons. The summed E-state index contributed by atoms with van der Waals surface area (Å²) >= 11 is 0. The van der Waals surface area contributed by atoms with E-state index in [0.717, 1.165) is 17.7 Å². The van der Waals surface area contributed by atoms with Gasteiger partial charge in [-0.05, 0) is 19.4 Å². The number of fused-ring (bicyclic) bond motifs is 1. The van der Waals surface area contributed by atoms with Crippen LogP contribution in [0.15, 0.2) is 28.8 Å². The normalized spacial score (nSPS) is 17.0. The molecule has 110 valence electrons. The Morgan fingerprint density at radius 2 is 2.24 bits per heavy atom. The van der Waals surface area contributed by atoms with Gasteiger partial charge in [0.15, 0.2) is 0 Å². The second-order valence-electron chi connectivity index (χ2n) is 5.12. The maximum atomic E-state index is 12.5. The van der Waals surface area contributed by atoms with Crippen LogP contribution in [-0.4, -0.2) is 17.7 Å².